The molecule has 2 rings (SSSR count). The minimum atomic E-state index is -0.533. The maximum Gasteiger partial charge on any atom is 0.130 e. The molecule has 94 valence electrons. The second-order valence-electron chi connectivity index (χ2n) is 4.43. The van der Waals surface area contributed by atoms with Gasteiger partial charge in [-0.2, -0.15) is 0 Å². The Bertz CT molecular complexity index is 364. The van der Waals surface area contributed by atoms with Crippen molar-refractivity contribution in [3.63, 3.8) is 0 Å². The molecule has 1 aromatic carbocycles. The maximum atomic E-state index is 13.3. The molecule has 0 bridgehead atoms. The van der Waals surface area contributed by atoms with Crippen LogP contribution in [0.1, 0.15) is 18.4 Å². The number of halogens is 2. The van der Waals surface area contributed by atoms with E-state index in [1.54, 1.807) is 0 Å². The third-order valence-electron chi connectivity index (χ3n) is 3.08. The number of hydrogen-bond donors (Lipinski definition) is 1. The lowest BCUT2D eigenvalue weighted by Crippen LogP contribution is -2.18. The molecule has 1 aliphatic rings. The highest BCUT2D eigenvalue weighted by atomic mass is 19.1. The van der Waals surface area contributed by atoms with Crippen molar-refractivity contribution in [3.05, 3.63) is 35.4 Å². The van der Waals surface area contributed by atoms with Crippen LogP contribution in [0.25, 0.3) is 0 Å². The van der Waals surface area contributed by atoms with Crippen LogP contribution in [0, 0.1) is 17.6 Å². The van der Waals surface area contributed by atoms with Gasteiger partial charge in [0.15, 0.2) is 0 Å². The molecule has 0 spiro atoms. The smallest absolute Gasteiger partial charge is 0.130 e. The van der Waals surface area contributed by atoms with Gasteiger partial charge < -0.3 is 10.1 Å². The Morgan fingerprint density at radius 2 is 2.24 bits per heavy atom. The number of benzene rings is 1. The zero-order valence-electron chi connectivity index (χ0n) is 9.72. The highest BCUT2D eigenvalue weighted by molar-refractivity contribution is 5.18. The van der Waals surface area contributed by atoms with E-state index in [9.17, 15) is 8.78 Å². The zero-order chi connectivity index (χ0) is 12.1. The predicted molar refractivity (Wildman–Crippen MR) is 61.6 cm³/mol. The summed E-state index contributed by atoms with van der Waals surface area (Å²) in [6.07, 6.45) is 2.16. The van der Waals surface area contributed by atoms with Crippen LogP contribution in [0.5, 0.6) is 0 Å². The van der Waals surface area contributed by atoms with E-state index < -0.39 is 11.6 Å². The van der Waals surface area contributed by atoms with Crippen LogP contribution in [-0.2, 0) is 11.3 Å². The van der Waals surface area contributed by atoms with E-state index >= 15 is 0 Å². The molecule has 0 saturated carbocycles. The molecule has 1 saturated heterocycles. The molecule has 0 amide bonds. The average Bonchev–Trinajstić information content (AvgIpc) is 2.79. The summed E-state index contributed by atoms with van der Waals surface area (Å²) in [5, 5.41) is 3.17. The molecule has 1 aliphatic heterocycles. The minimum absolute atomic E-state index is 0.444. The Morgan fingerprint density at radius 3 is 2.94 bits per heavy atom. The molecule has 1 atom stereocenters. The first-order valence-corrected chi connectivity index (χ1v) is 5.98. The van der Waals surface area contributed by atoms with Crippen molar-refractivity contribution in [1.82, 2.24) is 5.32 Å². The highest BCUT2D eigenvalue weighted by Gasteiger charge is 2.14. The highest BCUT2D eigenvalue weighted by Crippen LogP contribution is 2.15. The molecule has 1 N–H and O–H groups in total. The monoisotopic (exact) mass is 241 g/mol. The van der Waals surface area contributed by atoms with E-state index in [-0.39, 0.29) is 0 Å². The molecule has 17 heavy (non-hydrogen) atoms. The number of rotatable bonds is 5. The van der Waals surface area contributed by atoms with Crippen molar-refractivity contribution in [2.75, 3.05) is 19.8 Å². The zero-order valence-corrected chi connectivity index (χ0v) is 9.72. The third kappa shape index (κ3) is 3.75. The maximum absolute atomic E-state index is 13.3. The molecule has 1 unspecified atom stereocenters. The van der Waals surface area contributed by atoms with E-state index in [2.05, 4.69) is 5.32 Å². The molecule has 4 heteroatoms. The van der Waals surface area contributed by atoms with Crippen LogP contribution in [0.15, 0.2) is 18.2 Å². The first-order chi connectivity index (χ1) is 8.25. The van der Waals surface area contributed by atoms with Crippen LogP contribution >= 0.6 is 0 Å². The summed E-state index contributed by atoms with van der Waals surface area (Å²) in [4.78, 5) is 0. The van der Waals surface area contributed by atoms with Gasteiger partial charge in [0.25, 0.3) is 0 Å². The van der Waals surface area contributed by atoms with Crippen LogP contribution < -0.4 is 5.32 Å². The van der Waals surface area contributed by atoms with Gasteiger partial charge in [-0.15, -0.1) is 0 Å². The molecular weight excluding hydrogens is 224 g/mol. The van der Waals surface area contributed by atoms with Crippen molar-refractivity contribution >= 4 is 0 Å². The van der Waals surface area contributed by atoms with Gasteiger partial charge in [0.1, 0.15) is 11.6 Å². The van der Waals surface area contributed by atoms with Gasteiger partial charge in [-0.1, -0.05) is 6.07 Å². The normalized spacial score (nSPS) is 19.8. The Balaban J connectivity index is 1.70. The largest absolute Gasteiger partial charge is 0.381 e. The molecular formula is C13H17F2NO. The summed E-state index contributed by atoms with van der Waals surface area (Å²) in [7, 11) is 0. The van der Waals surface area contributed by atoms with Crippen molar-refractivity contribution in [1.29, 1.82) is 0 Å². The first-order valence-electron chi connectivity index (χ1n) is 5.98. The van der Waals surface area contributed by atoms with Gasteiger partial charge in [0.2, 0.25) is 0 Å². The fourth-order valence-electron chi connectivity index (χ4n) is 2.01. The second-order valence-corrected chi connectivity index (χ2v) is 4.43. The van der Waals surface area contributed by atoms with E-state index in [1.165, 1.54) is 12.1 Å². The molecule has 0 aliphatic carbocycles. The van der Waals surface area contributed by atoms with E-state index in [0.717, 1.165) is 38.7 Å². The van der Waals surface area contributed by atoms with E-state index in [0.29, 0.717) is 18.0 Å². The topological polar surface area (TPSA) is 21.3 Å². The molecule has 1 fully saturated rings. The summed E-state index contributed by atoms with van der Waals surface area (Å²) in [5.74, 6) is -0.392. The van der Waals surface area contributed by atoms with Gasteiger partial charge in [-0.3, -0.25) is 0 Å². The lowest BCUT2D eigenvalue weighted by atomic mass is 10.1. The van der Waals surface area contributed by atoms with Crippen molar-refractivity contribution in [3.8, 4) is 0 Å². The summed E-state index contributed by atoms with van der Waals surface area (Å²) < 4.78 is 31.2. The quantitative estimate of drug-likeness (QED) is 0.800. The Kier molecular flexibility index (Phi) is 4.45. The lowest BCUT2D eigenvalue weighted by Gasteiger charge is -2.09. The van der Waals surface area contributed by atoms with Crippen LogP contribution in [-0.4, -0.2) is 19.8 Å². The minimum Gasteiger partial charge on any atom is -0.381 e. The van der Waals surface area contributed by atoms with Gasteiger partial charge in [0.05, 0.1) is 0 Å². The summed E-state index contributed by atoms with van der Waals surface area (Å²) in [6.45, 7) is 2.98. The molecule has 1 heterocycles. The first kappa shape index (κ1) is 12.5. The second kappa shape index (κ2) is 6.07. The fourth-order valence-corrected chi connectivity index (χ4v) is 2.01. The molecule has 0 radical (unpaired) electrons. The fraction of sp³-hybridized carbons (Fsp3) is 0.538. The number of nitrogens with one attached hydrogen (secondary N) is 1. The van der Waals surface area contributed by atoms with E-state index in [4.69, 9.17) is 4.74 Å². The van der Waals surface area contributed by atoms with Crippen LogP contribution in [0.2, 0.25) is 0 Å². The summed E-state index contributed by atoms with van der Waals surface area (Å²) in [5.41, 5.74) is 0.508. The van der Waals surface area contributed by atoms with Crippen LogP contribution in [0.3, 0.4) is 0 Å². The third-order valence-corrected chi connectivity index (χ3v) is 3.08. The van der Waals surface area contributed by atoms with Gasteiger partial charge in [-0.05, 0) is 31.4 Å². The van der Waals surface area contributed by atoms with Gasteiger partial charge >= 0.3 is 0 Å². The standard InChI is InChI=1S/C13H17F2NO/c14-12-2-1-11(13(15)7-12)8-16-5-3-10-4-6-17-9-10/h1-2,7,10,16H,3-6,8-9H2. The number of ether oxygens (including phenoxy) is 1. The Labute approximate surface area is 100.0 Å². The van der Waals surface area contributed by atoms with Crippen molar-refractivity contribution in [2.45, 2.75) is 19.4 Å². The van der Waals surface area contributed by atoms with E-state index in [1.807, 2.05) is 0 Å². The average molecular weight is 241 g/mol. The summed E-state index contributed by atoms with van der Waals surface area (Å²) in [6, 6.07) is 3.68. The SMILES string of the molecule is Fc1ccc(CNCCC2CCOC2)c(F)c1. The van der Waals surface area contributed by atoms with Crippen LogP contribution in [0.4, 0.5) is 8.78 Å². The van der Waals surface area contributed by atoms with Crippen molar-refractivity contribution < 1.29 is 13.5 Å². The van der Waals surface area contributed by atoms with Crippen molar-refractivity contribution in [2.24, 2.45) is 5.92 Å². The predicted octanol–water partition coefficient (Wildman–Crippen LogP) is 2.48. The van der Waals surface area contributed by atoms with Gasteiger partial charge in [0, 0.05) is 31.4 Å². The molecule has 2 nitrogen and oxygen atoms in total. The Hall–Kier alpha value is -1.00. The lowest BCUT2D eigenvalue weighted by molar-refractivity contribution is 0.184. The molecule has 0 aromatic heterocycles. The summed E-state index contributed by atoms with van der Waals surface area (Å²) >= 11 is 0. The molecule has 1 aromatic rings. The number of hydrogen-bond acceptors (Lipinski definition) is 2. The van der Waals surface area contributed by atoms with Gasteiger partial charge in [-0.25, -0.2) is 8.78 Å². The Morgan fingerprint density at radius 1 is 1.35 bits per heavy atom.